The molecule has 0 N–H and O–H groups in total. The number of amides is 2. The third kappa shape index (κ3) is 6.06. The number of rotatable bonds is 7. The van der Waals surface area contributed by atoms with E-state index in [4.69, 9.17) is 9.47 Å². The van der Waals surface area contributed by atoms with Gasteiger partial charge in [-0.25, -0.2) is 0 Å². The zero-order valence-electron chi connectivity index (χ0n) is 21.2. The number of halogens is 3. The number of likely N-dealkylation sites (tertiary alicyclic amines) is 1. The zero-order chi connectivity index (χ0) is 26.9. The predicted octanol–water partition coefficient (Wildman–Crippen LogP) is 4.16. The molecule has 3 atom stereocenters. The van der Waals surface area contributed by atoms with Gasteiger partial charge in [0.15, 0.2) is 0 Å². The average molecular weight is 533 g/mol. The van der Waals surface area contributed by atoms with Crippen molar-refractivity contribution in [1.29, 1.82) is 0 Å². The highest BCUT2D eigenvalue weighted by molar-refractivity contribution is 5.83. The van der Waals surface area contributed by atoms with Gasteiger partial charge in [0.05, 0.1) is 26.8 Å². The Morgan fingerprint density at radius 2 is 1.68 bits per heavy atom. The summed E-state index contributed by atoms with van der Waals surface area (Å²) < 4.78 is 52.3. The van der Waals surface area contributed by atoms with Crippen molar-refractivity contribution in [1.82, 2.24) is 9.80 Å². The van der Waals surface area contributed by atoms with Crippen molar-refractivity contribution in [2.24, 2.45) is 5.92 Å². The molecule has 3 aliphatic rings. The van der Waals surface area contributed by atoms with E-state index >= 15 is 0 Å². The van der Waals surface area contributed by atoms with Crippen LogP contribution < -0.4 is 9.47 Å². The highest BCUT2D eigenvalue weighted by atomic mass is 19.4. The largest absolute Gasteiger partial charge is 0.573 e. The van der Waals surface area contributed by atoms with Crippen LogP contribution >= 0.6 is 0 Å². The Morgan fingerprint density at radius 3 is 2.37 bits per heavy atom. The van der Waals surface area contributed by atoms with Gasteiger partial charge in [0.1, 0.15) is 17.1 Å². The molecule has 2 saturated heterocycles. The molecule has 2 aliphatic heterocycles. The second-order valence-electron chi connectivity index (χ2n) is 10.3. The molecular weight excluding hydrogens is 501 g/mol. The molecule has 5 rings (SSSR count). The maximum absolute atomic E-state index is 13.2. The monoisotopic (exact) mass is 532 g/mol. The first-order valence-corrected chi connectivity index (χ1v) is 12.8. The SMILES string of the molecule is COc1ccc(C2CC2C(=O)N2CCC3(CN(C(=O)CCc4ccc(OC(F)(F)F)cc4)CCO3)C2)cc1. The van der Waals surface area contributed by atoms with Gasteiger partial charge in [0.25, 0.3) is 0 Å². The summed E-state index contributed by atoms with van der Waals surface area (Å²) in [6.45, 7) is 2.41. The number of aryl methyl sites for hydroxylation is 1. The Bertz CT molecular complexity index is 1150. The average Bonchev–Trinajstić information content (AvgIpc) is 3.61. The molecule has 0 aromatic heterocycles. The van der Waals surface area contributed by atoms with Crippen LogP contribution in [0.1, 0.15) is 36.3 Å². The van der Waals surface area contributed by atoms with E-state index in [0.717, 1.165) is 23.3 Å². The summed E-state index contributed by atoms with van der Waals surface area (Å²) in [5.41, 5.74) is 1.35. The van der Waals surface area contributed by atoms with Crippen molar-refractivity contribution in [2.45, 2.75) is 43.6 Å². The van der Waals surface area contributed by atoms with Crippen molar-refractivity contribution >= 4 is 11.8 Å². The lowest BCUT2D eigenvalue weighted by molar-refractivity contribution is -0.274. The number of ether oxygens (including phenoxy) is 3. The summed E-state index contributed by atoms with van der Waals surface area (Å²) in [5, 5.41) is 0. The molecule has 10 heteroatoms. The van der Waals surface area contributed by atoms with E-state index in [9.17, 15) is 22.8 Å². The van der Waals surface area contributed by atoms with Gasteiger partial charge in [-0.05, 0) is 60.6 Å². The van der Waals surface area contributed by atoms with Gasteiger partial charge in [-0.1, -0.05) is 24.3 Å². The Morgan fingerprint density at radius 1 is 1.00 bits per heavy atom. The minimum atomic E-state index is -4.74. The van der Waals surface area contributed by atoms with E-state index in [1.54, 1.807) is 12.0 Å². The highest BCUT2D eigenvalue weighted by Gasteiger charge is 2.51. The molecule has 1 spiro atoms. The Labute approximate surface area is 219 Å². The second-order valence-corrected chi connectivity index (χ2v) is 10.3. The van der Waals surface area contributed by atoms with Gasteiger partial charge in [-0.2, -0.15) is 0 Å². The van der Waals surface area contributed by atoms with E-state index < -0.39 is 12.0 Å². The van der Waals surface area contributed by atoms with E-state index in [2.05, 4.69) is 4.74 Å². The van der Waals surface area contributed by atoms with Crippen LogP contribution in [0, 0.1) is 5.92 Å². The van der Waals surface area contributed by atoms with Crippen molar-refractivity contribution in [3.05, 3.63) is 59.7 Å². The highest BCUT2D eigenvalue weighted by Crippen LogP contribution is 2.49. The minimum absolute atomic E-state index is 0.0206. The first kappa shape index (κ1) is 26.3. The molecule has 2 aromatic carbocycles. The Kier molecular flexibility index (Phi) is 7.26. The van der Waals surface area contributed by atoms with E-state index in [-0.39, 0.29) is 35.8 Å². The fourth-order valence-corrected chi connectivity index (χ4v) is 5.53. The van der Waals surface area contributed by atoms with Crippen molar-refractivity contribution in [2.75, 3.05) is 39.9 Å². The van der Waals surface area contributed by atoms with Gasteiger partial charge in [0.2, 0.25) is 11.8 Å². The van der Waals surface area contributed by atoms with Crippen LogP contribution in [-0.2, 0) is 20.7 Å². The normalized spacial score (nSPS) is 24.9. The molecule has 1 aliphatic carbocycles. The smallest absolute Gasteiger partial charge is 0.497 e. The molecule has 1 saturated carbocycles. The second kappa shape index (κ2) is 10.5. The third-order valence-corrected chi connectivity index (χ3v) is 7.67. The molecule has 0 bridgehead atoms. The summed E-state index contributed by atoms with van der Waals surface area (Å²) in [6, 6.07) is 13.4. The van der Waals surface area contributed by atoms with Crippen LogP contribution in [0.25, 0.3) is 0 Å². The van der Waals surface area contributed by atoms with Crippen molar-refractivity contribution < 1.29 is 37.0 Å². The number of benzene rings is 2. The fourth-order valence-electron chi connectivity index (χ4n) is 5.53. The molecule has 204 valence electrons. The molecule has 2 heterocycles. The molecule has 0 radical (unpaired) electrons. The van der Waals surface area contributed by atoms with E-state index in [1.165, 1.54) is 24.3 Å². The van der Waals surface area contributed by atoms with Crippen molar-refractivity contribution in [3.63, 3.8) is 0 Å². The van der Waals surface area contributed by atoms with Crippen LogP contribution in [0.5, 0.6) is 11.5 Å². The Balaban J connectivity index is 1.11. The maximum Gasteiger partial charge on any atom is 0.573 e. The van der Waals surface area contributed by atoms with Crippen LogP contribution in [0.4, 0.5) is 13.2 Å². The molecule has 3 fully saturated rings. The number of hydrogen-bond donors (Lipinski definition) is 0. The Hall–Kier alpha value is -3.27. The van der Waals surface area contributed by atoms with Gasteiger partial charge in [-0.15, -0.1) is 13.2 Å². The summed E-state index contributed by atoms with van der Waals surface area (Å²) in [4.78, 5) is 29.8. The molecule has 2 aromatic rings. The number of carbonyl (C=O) groups excluding carboxylic acids is 2. The van der Waals surface area contributed by atoms with Gasteiger partial charge >= 0.3 is 6.36 Å². The number of hydrogen-bond acceptors (Lipinski definition) is 5. The van der Waals surface area contributed by atoms with Crippen molar-refractivity contribution in [3.8, 4) is 11.5 Å². The molecule has 3 unspecified atom stereocenters. The van der Waals surface area contributed by atoms with Crippen LogP contribution in [-0.4, -0.2) is 73.5 Å². The summed E-state index contributed by atoms with van der Waals surface area (Å²) in [7, 11) is 1.63. The van der Waals surface area contributed by atoms with Crippen LogP contribution in [0.3, 0.4) is 0 Å². The molecular formula is C28H31F3N2O5. The molecule has 2 amide bonds. The molecule has 38 heavy (non-hydrogen) atoms. The van der Waals surface area contributed by atoms with E-state index in [1.807, 2.05) is 29.2 Å². The van der Waals surface area contributed by atoms with Gasteiger partial charge in [0, 0.05) is 25.4 Å². The maximum atomic E-state index is 13.2. The summed E-state index contributed by atoms with van der Waals surface area (Å²) in [6.07, 6.45) is -2.56. The van der Waals surface area contributed by atoms with Crippen LogP contribution in [0.15, 0.2) is 48.5 Å². The summed E-state index contributed by atoms with van der Waals surface area (Å²) in [5.74, 6) is 0.824. The first-order valence-electron chi connectivity index (χ1n) is 12.8. The number of nitrogens with zero attached hydrogens (tertiary/aromatic N) is 2. The lowest BCUT2D eigenvalue weighted by atomic mass is 10.00. The predicted molar refractivity (Wildman–Crippen MR) is 132 cm³/mol. The first-order chi connectivity index (χ1) is 18.1. The number of methoxy groups -OCH3 is 1. The lowest BCUT2D eigenvalue weighted by Gasteiger charge is -2.40. The standard InChI is InChI=1S/C28H31F3N2O5/c1-36-21-9-5-20(6-10-21)23-16-24(23)26(35)33-13-12-27(18-33)17-32(14-15-37-27)25(34)11-4-19-2-7-22(8-3-19)38-28(29,30)31/h2-3,5-10,23-24H,4,11-18H2,1H3. The lowest BCUT2D eigenvalue weighted by Crippen LogP contribution is -2.55. The van der Waals surface area contributed by atoms with Gasteiger partial charge in [-0.3, -0.25) is 9.59 Å². The fraction of sp³-hybridized carbons (Fsp3) is 0.500. The third-order valence-electron chi connectivity index (χ3n) is 7.67. The number of morpholine rings is 1. The minimum Gasteiger partial charge on any atom is -0.497 e. The van der Waals surface area contributed by atoms with Crippen LogP contribution in [0.2, 0.25) is 0 Å². The zero-order valence-corrected chi connectivity index (χ0v) is 21.2. The number of carbonyl (C=O) groups is 2. The topological polar surface area (TPSA) is 68.3 Å². The quantitative estimate of drug-likeness (QED) is 0.536. The molecule has 7 nitrogen and oxygen atoms in total. The number of alkyl halides is 3. The van der Waals surface area contributed by atoms with E-state index in [0.29, 0.717) is 45.6 Å². The summed E-state index contributed by atoms with van der Waals surface area (Å²) >= 11 is 0. The van der Waals surface area contributed by atoms with Gasteiger partial charge < -0.3 is 24.0 Å².